The van der Waals surface area contributed by atoms with E-state index in [4.69, 9.17) is 18.5 Å². The molecule has 1 saturated heterocycles. The van der Waals surface area contributed by atoms with E-state index < -0.39 is 28.7 Å². The van der Waals surface area contributed by atoms with Crippen LogP contribution >= 0.6 is 0 Å². The molecular formula is C31H36BNO6S. The second-order valence-electron chi connectivity index (χ2n) is 12.7. The number of hydrogen-bond donors (Lipinski definition) is 1. The summed E-state index contributed by atoms with van der Waals surface area (Å²) in [5, 5.41) is 0.969. The molecule has 8 rings (SSSR count). The predicted octanol–water partition coefficient (Wildman–Crippen LogP) is 5.14. The molecule has 0 radical (unpaired) electrons. The molecule has 3 aromatic rings. The zero-order chi connectivity index (χ0) is 27.7. The molecule has 5 atom stereocenters. The quantitative estimate of drug-likeness (QED) is 0.383. The molecule has 2 aliphatic heterocycles. The van der Waals surface area contributed by atoms with E-state index >= 15 is 0 Å². The fraction of sp³-hybridized carbons (Fsp3) is 0.484. The second-order valence-corrected chi connectivity index (χ2v) is 14.5. The molecule has 0 unspecified atom stereocenters. The molecule has 3 aliphatic carbocycles. The topological polar surface area (TPSA) is 87.0 Å². The fourth-order valence-corrected chi connectivity index (χ4v) is 8.99. The average molecular weight is 562 g/mol. The van der Waals surface area contributed by atoms with Crippen molar-refractivity contribution in [2.24, 2.45) is 17.3 Å². The van der Waals surface area contributed by atoms with Crippen LogP contribution in [0.5, 0.6) is 0 Å². The molecule has 7 nitrogen and oxygen atoms in total. The van der Waals surface area contributed by atoms with Crippen molar-refractivity contribution in [1.82, 2.24) is 4.72 Å². The van der Waals surface area contributed by atoms with E-state index in [2.05, 4.69) is 25.5 Å². The molecule has 3 saturated carbocycles. The van der Waals surface area contributed by atoms with E-state index in [9.17, 15) is 8.42 Å². The summed E-state index contributed by atoms with van der Waals surface area (Å²) >= 11 is 0. The third kappa shape index (κ3) is 4.47. The van der Waals surface area contributed by atoms with Crippen molar-refractivity contribution in [1.29, 1.82) is 0 Å². The standard InChI is InChI=1S/C31H36BNO6S/c1-30(2)24-15-27(30)31(3)28(16-24)38-32(39-31)29(14-23-18-37-26-10-5-4-9-25(23)26)33-40(34,35)19-20-7-6-8-21(13-20)22-11-12-36-17-22/h4-11,13,18,24,27-29,33H,12,14-17,19H2,1-3H3/t24-,27-,28+,29-,31-/m0/s1. The average Bonchev–Trinajstić information content (AvgIpc) is 3.66. The lowest BCUT2D eigenvalue weighted by Gasteiger charge is -2.64. The van der Waals surface area contributed by atoms with Gasteiger partial charge in [-0.2, -0.15) is 0 Å². The van der Waals surface area contributed by atoms with Crippen LogP contribution in [0.1, 0.15) is 50.3 Å². The van der Waals surface area contributed by atoms with Gasteiger partial charge in [0.25, 0.3) is 0 Å². The first-order valence-electron chi connectivity index (χ1n) is 14.3. The lowest BCUT2D eigenvalue weighted by atomic mass is 9.43. The largest absolute Gasteiger partial charge is 0.477 e. The lowest BCUT2D eigenvalue weighted by Crippen LogP contribution is -2.65. The van der Waals surface area contributed by atoms with Crippen LogP contribution in [0.4, 0.5) is 0 Å². The minimum atomic E-state index is -3.74. The lowest BCUT2D eigenvalue weighted by molar-refractivity contribution is -0.199. The van der Waals surface area contributed by atoms with Crippen molar-refractivity contribution < 1.29 is 26.9 Å². The molecule has 1 N–H and O–H groups in total. The molecular weight excluding hydrogens is 525 g/mol. The molecule has 2 aromatic carbocycles. The van der Waals surface area contributed by atoms with Crippen LogP contribution in [0.3, 0.4) is 0 Å². The van der Waals surface area contributed by atoms with Gasteiger partial charge in [0.2, 0.25) is 10.0 Å². The first kappa shape index (κ1) is 26.5. The van der Waals surface area contributed by atoms with Crippen molar-refractivity contribution in [3.63, 3.8) is 0 Å². The van der Waals surface area contributed by atoms with Gasteiger partial charge in [-0.3, -0.25) is 0 Å². The Morgan fingerprint density at radius 3 is 2.75 bits per heavy atom. The van der Waals surface area contributed by atoms with Crippen molar-refractivity contribution >= 4 is 33.7 Å². The SMILES string of the molecule is CC1(C)[C@@H]2C[C@H]3OB([C@H](Cc4coc5ccccc45)NS(=O)(=O)Cc4cccc(C5=CCOC5)c4)O[C@@]3(C)[C@H]1C2. The second kappa shape index (κ2) is 9.56. The Morgan fingerprint density at radius 2 is 1.95 bits per heavy atom. The van der Waals surface area contributed by atoms with Crippen LogP contribution in [0, 0.1) is 17.3 Å². The summed E-state index contributed by atoms with van der Waals surface area (Å²) in [6.45, 7) is 7.94. The molecule has 210 valence electrons. The summed E-state index contributed by atoms with van der Waals surface area (Å²) in [4.78, 5) is 0. The van der Waals surface area contributed by atoms with Gasteiger partial charge in [-0.1, -0.05) is 62.4 Å². The van der Waals surface area contributed by atoms with E-state index in [1.54, 1.807) is 6.26 Å². The molecule has 2 bridgehead atoms. The van der Waals surface area contributed by atoms with Crippen molar-refractivity contribution in [3.05, 3.63) is 77.6 Å². The Bertz CT molecular complexity index is 1580. The molecule has 40 heavy (non-hydrogen) atoms. The summed E-state index contributed by atoms with van der Waals surface area (Å²) < 4.78 is 54.9. The zero-order valence-corrected chi connectivity index (χ0v) is 24.1. The first-order valence-corrected chi connectivity index (χ1v) is 15.9. The van der Waals surface area contributed by atoms with E-state index in [1.165, 1.54) is 0 Å². The maximum Gasteiger partial charge on any atom is 0.477 e. The number of para-hydroxylation sites is 1. The number of fused-ring (bicyclic) bond motifs is 1. The molecule has 0 amide bonds. The predicted molar refractivity (Wildman–Crippen MR) is 155 cm³/mol. The summed E-state index contributed by atoms with van der Waals surface area (Å²) in [5.74, 6) is 0.252. The number of hydrogen-bond acceptors (Lipinski definition) is 6. The van der Waals surface area contributed by atoms with Crippen molar-refractivity contribution in [3.8, 4) is 0 Å². The van der Waals surface area contributed by atoms with Crippen LogP contribution in [-0.2, 0) is 36.2 Å². The highest BCUT2D eigenvalue weighted by Gasteiger charge is 2.68. The van der Waals surface area contributed by atoms with Gasteiger partial charge >= 0.3 is 7.12 Å². The maximum atomic E-state index is 13.7. The van der Waals surface area contributed by atoms with Crippen LogP contribution in [0.2, 0.25) is 0 Å². The minimum absolute atomic E-state index is 0.0408. The van der Waals surface area contributed by atoms with Crippen LogP contribution in [0.15, 0.2) is 65.3 Å². The molecule has 4 fully saturated rings. The van der Waals surface area contributed by atoms with Crippen molar-refractivity contribution in [2.75, 3.05) is 13.2 Å². The van der Waals surface area contributed by atoms with Gasteiger partial charge in [0.15, 0.2) is 0 Å². The van der Waals surface area contributed by atoms with Gasteiger partial charge in [-0.25, -0.2) is 13.1 Å². The van der Waals surface area contributed by atoms with Gasteiger partial charge in [-0.15, -0.1) is 0 Å². The van der Waals surface area contributed by atoms with Crippen molar-refractivity contribution in [2.45, 2.75) is 63.4 Å². The van der Waals surface area contributed by atoms with E-state index in [-0.39, 0.29) is 17.3 Å². The highest BCUT2D eigenvalue weighted by molar-refractivity contribution is 7.88. The maximum absolute atomic E-state index is 13.7. The smallest absolute Gasteiger partial charge is 0.464 e. The van der Waals surface area contributed by atoms with Crippen LogP contribution in [0.25, 0.3) is 16.5 Å². The zero-order valence-electron chi connectivity index (χ0n) is 23.3. The van der Waals surface area contributed by atoms with E-state index in [0.29, 0.717) is 31.5 Å². The number of benzene rings is 2. The van der Waals surface area contributed by atoms with Crippen LogP contribution in [-0.4, -0.2) is 46.4 Å². The molecule has 3 heterocycles. The summed E-state index contributed by atoms with van der Waals surface area (Å²) in [5.41, 5.74) is 4.27. The highest BCUT2D eigenvalue weighted by Crippen LogP contribution is 2.65. The summed E-state index contributed by atoms with van der Waals surface area (Å²) in [7, 11) is -4.43. The molecule has 0 spiro atoms. The first-order chi connectivity index (χ1) is 19.1. The summed E-state index contributed by atoms with van der Waals surface area (Å²) in [6.07, 6.45) is 6.19. The molecule has 5 aliphatic rings. The Hall–Kier alpha value is -2.43. The van der Waals surface area contributed by atoms with Crippen LogP contribution < -0.4 is 4.72 Å². The molecule has 9 heteroatoms. The highest BCUT2D eigenvalue weighted by atomic mass is 32.2. The van der Waals surface area contributed by atoms with Gasteiger partial charge in [0, 0.05) is 5.39 Å². The number of rotatable bonds is 8. The number of nitrogens with one attached hydrogen (secondary N) is 1. The van der Waals surface area contributed by atoms with E-state index in [1.807, 2.05) is 54.6 Å². The van der Waals surface area contributed by atoms with Gasteiger partial charge in [0.1, 0.15) is 5.58 Å². The minimum Gasteiger partial charge on any atom is -0.464 e. The number of furan rings is 1. The van der Waals surface area contributed by atoms with Gasteiger partial charge in [0.05, 0.1) is 42.9 Å². The fourth-order valence-electron chi connectivity index (χ4n) is 7.63. The Kier molecular flexibility index (Phi) is 6.33. The third-order valence-electron chi connectivity index (χ3n) is 9.99. The number of ether oxygens (including phenoxy) is 1. The monoisotopic (exact) mass is 561 g/mol. The Balaban J connectivity index is 1.16. The number of sulfonamides is 1. The Morgan fingerprint density at radius 1 is 1.10 bits per heavy atom. The third-order valence-corrected chi connectivity index (χ3v) is 11.4. The molecule has 1 aromatic heterocycles. The van der Waals surface area contributed by atoms with Gasteiger partial charge in [-0.05, 0) is 71.8 Å². The van der Waals surface area contributed by atoms with E-state index in [0.717, 1.165) is 46.1 Å². The normalized spacial score (nSPS) is 29.7. The Labute approximate surface area is 236 Å². The van der Waals surface area contributed by atoms with Gasteiger partial charge < -0.3 is 18.5 Å². The summed E-state index contributed by atoms with van der Waals surface area (Å²) in [6, 6.07) is 15.5.